The normalized spacial score (nSPS) is 19.5. The van der Waals surface area contributed by atoms with Crippen LogP contribution in [0.15, 0.2) is 81.8 Å². The molecule has 1 aliphatic carbocycles. The van der Waals surface area contributed by atoms with E-state index in [-0.39, 0.29) is 17.5 Å². The number of Topliss-reactive ketones (excluding diaryl/α,β-unsaturated/α-hetero) is 1. The van der Waals surface area contributed by atoms with E-state index >= 15 is 0 Å². The number of para-hydroxylation sites is 1. The highest BCUT2D eigenvalue weighted by Gasteiger charge is 2.42. The molecule has 3 heterocycles. The first-order valence-electron chi connectivity index (χ1n) is 11.2. The Morgan fingerprint density at radius 3 is 2.71 bits per heavy atom. The predicted octanol–water partition coefficient (Wildman–Crippen LogP) is 6.67. The van der Waals surface area contributed by atoms with Crippen LogP contribution in [0.4, 0.5) is 5.82 Å². The number of ketones is 1. The Morgan fingerprint density at radius 2 is 1.94 bits per heavy atom. The number of thiophene rings is 1. The van der Waals surface area contributed by atoms with Crippen molar-refractivity contribution in [1.29, 1.82) is 0 Å². The zero-order chi connectivity index (χ0) is 23.4. The number of anilines is 1. The third kappa shape index (κ3) is 3.42. The van der Waals surface area contributed by atoms with E-state index in [1.807, 2.05) is 60.1 Å². The van der Waals surface area contributed by atoms with Crippen molar-refractivity contribution in [1.82, 2.24) is 9.78 Å². The van der Waals surface area contributed by atoms with E-state index in [0.29, 0.717) is 12.0 Å². The van der Waals surface area contributed by atoms with Gasteiger partial charge in [0.2, 0.25) is 0 Å². The molecular formula is C27H22BrN3O2S. The smallest absolute Gasteiger partial charge is 0.162 e. The number of rotatable bonds is 3. The van der Waals surface area contributed by atoms with Crippen molar-refractivity contribution in [3.8, 4) is 11.4 Å². The van der Waals surface area contributed by atoms with Crippen molar-refractivity contribution >= 4 is 38.9 Å². The molecule has 6 rings (SSSR count). The van der Waals surface area contributed by atoms with Crippen molar-refractivity contribution in [3.63, 3.8) is 0 Å². The van der Waals surface area contributed by atoms with Crippen molar-refractivity contribution in [3.05, 3.63) is 103 Å². The number of allylic oxidation sites excluding steroid dienone is 2. The fourth-order valence-corrected chi connectivity index (χ4v) is 6.43. The summed E-state index contributed by atoms with van der Waals surface area (Å²) in [4.78, 5) is 14.9. The van der Waals surface area contributed by atoms with E-state index < -0.39 is 5.92 Å². The maximum atomic E-state index is 13.7. The summed E-state index contributed by atoms with van der Waals surface area (Å²) in [6.45, 7) is 1.97. The van der Waals surface area contributed by atoms with E-state index in [9.17, 15) is 9.90 Å². The van der Waals surface area contributed by atoms with E-state index in [0.717, 1.165) is 44.9 Å². The highest BCUT2D eigenvalue weighted by Crippen LogP contribution is 2.51. The van der Waals surface area contributed by atoms with Crippen molar-refractivity contribution < 1.29 is 9.90 Å². The molecule has 0 radical (unpaired) electrons. The Bertz CT molecular complexity index is 1440. The highest BCUT2D eigenvalue weighted by molar-refractivity contribution is 9.10. The largest absolute Gasteiger partial charge is 0.508 e. The summed E-state index contributed by atoms with van der Waals surface area (Å²) in [6, 6.07) is 19.5. The number of hydrogen-bond donors (Lipinski definition) is 2. The fourth-order valence-electron chi connectivity index (χ4n) is 5.22. The number of carbonyl (C=O) groups excluding carboxylic acids is 1. The first kappa shape index (κ1) is 21.4. The molecular weight excluding hydrogens is 510 g/mol. The lowest BCUT2D eigenvalue weighted by Gasteiger charge is -2.35. The quantitative estimate of drug-likeness (QED) is 0.309. The van der Waals surface area contributed by atoms with Gasteiger partial charge < -0.3 is 10.4 Å². The fraction of sp³-hybridized carbons (Fsp3) is 0.185. The number of nitrogens with one attached hydrogen (secondary N) is 1. The number of fused-ring (bicyclic) bond motifs is 1. The molecule has 4 aromatic rings. The van der Waals surface area contributed by atoms with Gasteiger partial charge in [-0.3, -0.25) is 4.79 Å². The van der Waals surface area contributed by atoms with Crippen LogP contribution in [-0.4, -0.2) is 20.7 Å². The maximum Gasteiger partial charge on any atom is 0.162 e. The number of aromatic hydroxyl groups is 1. The van der Waals surface area contributed by atoms with Crippen LogP contribution in [-0.2, 0) is 4.79 Å². The van der Waals surface area contributed by atoms with Gasteiger partial charge in [-0.25, -0.2) is 4.68 Å². The molecule has 2 aromatic heterocycles. The summed E-state index contributed by atoms with van der Waals surface area (Å²) in [6.07, 6.45) is 1.21. The standard InChI is InChI=1S/C27H22BrN3O2S/c1-15-24-25(19-14-17(28)9-10-21(19)32)26-20(12-16(13-22(26)33)23-8-5-11-34-23)29-27(24)31(30-15)18-6-3-2-4-7-18/h2-11,14,16,25,29,32H,12-13H2,1H3/t16-,25-/m1/s1. The molecule has 7 heteroatoms. The number of nitrogens with zero attached hydrogens (tertiary/aromatic N) is 2. The van der Waals surface area contributed by atoms with E-state index in [2.05, 4.69) is 32.7 Å². The molecule has 34 heavy (non-hydrogen) atoms. The molecule has 2 N–H and O–H groups in total. The number of aromatic nitrogens is 2. The highest BCUT2D eigenvalue weighted by atomic mass is 79.9. The van der Waals surface area contributed by atoms with Crippen molar-refractivity contribution in [2.45, 2.75) is 31.6 Å². The lowest BCUT2D eigenvalue weighted by atomic mass is 9.73. The van der Waals surface area contributed by atoms with E-state index in [1.54, 1.807) is 17.4 Å². The molecule has 1 aliphatic heterocycles. The Balaban J connectivity index is 1.58. The summed E-state index contributed by atoms with van der Waals surface area (Å²) in [5.74, 6) is 0.901. The lowest BCUT2D eigenvalue weighted by Crippen LogP contribution is -2.30. The second kappa shape index (κ2) is 8.25. The number of phenols is 1. The van der Waals surface area contributed by atoms with Crippen molar-refractivity contribution in [2.75, 3.05) is 5.32 Å². The monoisotopic (exact) mass is 531 g/mol. The van der Waals surface area contributed by atoms with Gasteiger partial charge in [-0.2, -0.15) is 5.10 Å². The third-order valence-electron chi connectivity index (χ3n) is 6.71. The molecule has 2 aromatic carbocycles. The zero-order valence-electron chi connectivity index (χ0n) is 18.5. The number of benzene rings is 2. The van der Waals surface area contributed by atoms with Crippen LogP contribution in [0.3, 0.4) is 0 Å². The molecule has 0 spiro atoms. The van der Waals surface area contributed by atoms with Crippen LogP contribution in [0, 0.1) is 6.92 Å². The predicted molar refractivity (Wildman–Crippen MR) is 138 cm³/mol. The summed E-state index contributed by atoms with van der Waals surface area (Å²) >= 11 is 5.25. The minimum Gasteiger partial charge on any atom is -0.508 e. The van der Waals surface area contributed by atoms with Gasteiger partial charge in [0.1, 0.15) is 11.6 Å². The minimum absolute atomic E-state index is 0.119. The van der Waals surface area contributed by atoms with Crippen LogP contribution < -0.4 is 5.32 Å². The Hall–Kier alpha value is -3.16. The summed E-state index contributed by atoms with van der Waals surface area (Å²) < 4.78 is 2.77. The molecule has 0 saturated carbocycles. The van der Waals surface area contributed by atoms with Gasteiger partial charge in [0, 0.05) is 50.0 Å². The second-order valence-electron chi connectivity index (χ2n) is 8.79. The summed E-state index contributed by atoms with van der Waals surface area (Å²) in [7, 11) is 0. The maximum absolute atomic E-state index is 13.7. The van der Waals surface area contributed by atoms with Crippen molar-refractivity contribution in [2.24, 2.45) is 0 Å². The molecule has 0 amide bonds. The molecule has 0 fully saturated rings. The van der Waals surface area contributed by atoms with Gasteiger partial charge in [0.15, 0.2) is 5.78 Å². The van der Waals surface area contributed by atoms with Crippen LogP contribution in [0.1, 0.15) is 46.4 Å². The lowest BCUT2D eigenvalue weighted by molar-refractivity contribution is -0.116. The zero-order valence-corrected chi connectivity index (χ0v) is 20.9. The Morgan fingerprint density at radius 1 is 1.12 bits per heavy atom. The van der Waals surface area contributed by atoms with Gasteiger partial charge in [0.05, 0.1) is 11.4 Å². The minimum atomic E-state index is -0.391. The first-order valence-corrected chi connectivity index (χ1v) is 12.9. The molecule has 0 unspecified atom stereocenters. The number of halogens is 1. The van der Waals surface area contributed by atoms with Crippen LogP contribution >= 0.6 is 27.3 Å². The molecule has 5 nitrogen and oxygen atoms in total. The van der Waals surface area contributed by atoms with Crippen LogP contribution in [0.5, 0.6) is 5.75 Å². The van der Waals surface area contributed by atoms with Gasteiger partial charge in [-0.15, -0.1) is 11.3 Å². The van der Waals surface area contributed by atoms with Gasteiger partial charge in [-0.05, 0) is 55.1 Å². The molecule has 0 saturated heterocycles. The summed E-state index contributed by atoms with van der Waals surface area (Å²) in [5.41, 5.74) is 5.07. The van der Waals surface area contributed by atoms with Gasteiger partial charge in [-0.1, -0.05) is 40.2 Å². The topological polar surface area (TPSA) is 67.1 Å². The van der Waals surface area contributed by atoms with Crippen LogP contribution in [0.2, 0.25) is 0 Å². The van der Waals surface area contributed by atoms with E-state index in [4.69, 9.17) is 5.10 Å². The number of aryl methyl sites for hydroxylation is 1. The van der Waals surface area contributed by atoms with Crippen LogP contribution in [0.25, 0.3) is 5.69 Å². The molecule has 170 valence electrons. The summed E-state index contributed by atoms with van der Waals surface area (Å²) in [5, 5.41) is 21.4. The average Bonchev–Trinajstić information content (AvgIpc) is 3.49. The first-order chi connectivity index (χ1) is 16.5. The van der Waals surface area contributed by atoms with E-state index in [1.165, 1.54) is 4.88 Å². The SMILES string of the molecule is Cc1nn(-c2ccccc2)c2c1[C@@H](c1cc(Br)ccc1O)C1=C(C[C@@H](c3cccs3)CC1=O)N2. The molecule has 0 bridgehead atoms. The Labute approximate surface area is 209 Å². The van der Waals surface area contributed by atoms with Gasteiger partial charge in [0.25, 0.3) is 0 Å². The second-order valence-corrected chi connectivity index (χ2v) is 10.7. The van der Waals surface area contributed by atoms with Gasteiger partial charge >= 0.3 is 0 Å². The molecule has 2 aliphatic rings. The number of hydrogen-bond acceptors (Lipinski definition) is 5. The average molecular weight is 532 g/mol. The number of phenolic OH excluding ortho intramolecular Hbond substituents is 1. The third-order valence-corrected chi connectivity index (χ3v) is 8.24. The molecule has 2 atom stereocenters. The number of carbonyl (C=O) groups is 1. The Kier molecular flexibility index (Phi) is 5.19.